The van der Waals surface area contributed by atoms with Crippen LogP contribution in [0.3, 0.4) is 0 Å². The van der Waals surface area contributed by atoms with Crippen LogP contribution in [-0.4, -0.2) is 25.2 Å². The first-order valence-electron chi connectivity index (χ1n) is 10.3. The summed E-state index contributed by atoms with van der Waals surface area (Å²) in [5.41, 5.74) is 3.85. The lowest BCUT2D eigenvalue weighted by Gasteiger charge is -2.19. The Hall–Kier alpha value is -2.96. The molecule has 0 saturated carbocycles. The smallest absolute Gasteiger partial charge is 0.221 e. The molecule has 3 rings (SSSR count). The minimum Gasteiger partial charge on any atom is -0.342 e. The van der Waals surface area contributed by atoms with Crippen molar-refractivity contribution in [2.75, 3.05) is 0 Å². The SMILES string of the molecule is Cc1nn(CC(C)C)c(C)c1CCC(=O)N[C@H](c1cccc(F)c1)c1nccn1C. The number of aromatic nitrogens is 4. The number of nitrogens with one attached hydrogen (secondary N) is 1. The van der Waals surface area contributed by atoms with E-state index in [0.29, 0.717) is 30.1 Å². The zero-order valence-corrected chi connectivity index (χ0v) is 18.3. The number of aryl methyl sites for hydroxylation is 2. The van der Waals surface area contributed by atoms with Crippen molar-refractivity contribution >= 4 is 5.91 Å². The van der Waals surface area contributed by atoms with Crippen LogP contribution in [0.4, 0.5) is 4.39 Å². The predicted molar refractivity (Wildman–Crippen MR) is 114 cm³/mol. The average molecular weight is 412 g/mol. The Kier molecular flexibility index (Phi) is 6.70. The Balaban J connectivity index is 1.75. The van der Waals surface area contributed by atoms with Gasteiger partial charge in [-0.25, -0.2) is 9.37 Å². The summed E-state index contributed by atoms with van der Waals surface area (Å²) in [6, 6.07) is 5.75. The van der Waals surface area contributed by atoms with E-state index < -0.39 is 6.04 Å². The Morgan fingerprint density at radius 1 is 1.27 bits per heavy atom. The summed E-state index contributed by atoms with van der Waals surface area (Å²) in [6.07, 6.45) is 4.41. The van der Waals surface area contributed by atoms with E-state index in [1.165, 1.54) is 12.1 Å². The molecule has 2 aromatic heterocycles. The first kappa shape index (κ1) is 21.7. The largest absolute Gasteiger partial charge is 0.342 e. The summed E-state index contributed by atoms with van der Waals surface area (Å²) in [7, 11) is 1.86. The molecule has 1 N–H and O–H groups in total. The summed E-state index contributed by atoms with van der Waals surface area (Å²) >= 11 is 0. The zero-order valence-electron chi connectivity index (χ0n) is 18.3. The molecule has 0 bridgehead atoms. The van der Waals surface area contributed by atoms with Crippen molar-refractivity contribution < 1.29 is 9.18 Å². The molecular weight excluding hydrogens is 381 g/mol. The van der Waals surface area contributed by atoms with Gasteiger partial charge in [0.2, 0.25) is 5.91 Å². The molecule has 0 spiro atoms. The molecule has 3 aromatic rings. The molecule has 0 saturated heterocycles. The van der Waals surface area contributed by atoms with E-state index in [0.717, 1.165) is 23.5 Å². The molecule has 6 nitrogen and oxygen atoms in total. The van der Waals surface area contributed by atoms with Crippen LogP contribution < -0.4 is 5.32 Å². The van der Waals surface area contributed by atoms with Gasteiger partial charge in [-0.1, -0.05) is 26.0 Å². The van der Waals surface area contributed by atoms with E-state index in [-0.39, 0.29) is 11.7 Å². The first-order chi connectivity index (χ1) is 14.3. The summed E-state index contributed by atoms with van der Waals surface area (Å²) < 4.78 is 17.7. The average Bonchev–Trinajstić information content (AvgIpc) is 3.21. The molecule has 0 aliphatic heterocycles. The second-order valence-corrected chi connectivity index (χ2v) is 8.18. The van der Waals surface area contributed by atoms with Gasteiger partial charge in [-0.05, 0) is 49.4 Å². The maximum Gasteiger partial charge on any atom is 0.221 e. The maximum absolute atomic E-state index is 13.8. The molecule has 30 heavy (non-hydrogen) atoms. The van der Waals surface area contributed by atoms with Crippen molar-refractivity contribution in [3.63, 3.8) is 0 Å². The van der Waals surface area contributed by atoms with Crippen molar-refractivity contribution in [2.45, 2.75) is 53.1 Å². The third-order valence-electron chi connectivity index (χ3n) is 5.28. The summed E-state index contributed by atoms with van der Waals surface area (Å²) in [5, 5.41) is 7.66. The van der Waals surface area contributed by atoms with Crippen LogP contribution >= 0.6 is 0 Å². The van der Waals surface area contributed by atoms with Crippen molar-refractivity contribution in [1.82, 2.24) is 24.6 Å². The molecule has 1 aromatic carbocycles. The number of benzene rings is 1. The van der Waals surface area contributed by atoms with Gasteiger partial charge < -0.3 is 9.88 Å². The highest BCUT2D eigenvalue weighted by molar-refractivity contribution is 5.77. The fourth-order valence-electron chi connectivity index (χ4n) is 3.73. The Morgan fingerprint density at radius 2 is 2.03 bits per heavy atom. The number of halogens is 1. The molecule has 1 atom stereocenters. The number of nitrogens with zero attached hydrogens (tertiary/aromatic N) is 4. The number of imidazole rings is 1. The summed E-state index contributed by atoms with van der Waals surface area (Å²) in [5.74, 6) is 0.711. The molecule has 0 aliphatic carbocycles. The van der Waals surface area contributed by atoms with Gasteiger partial charge >= 0.3 is 0 Å². The zero-order chi connectivity index (χ0) is 21.8. The second-order valence-electron chi connectivity index (χ2n) is 8.18. The van der Waals surface area contributed by atoms with E-state index in [1.54, 1.807) is 18.3 Å². The van der Waals surface area contributed by atoms with Gasteiger partial charge in [-0.15, -0.1) is 0 Å². The highest BCUT2D eigenvalue weighted by Gasteiger charge is 2.22. The molecule has 0 radical (unpaired) electrons. The van der Waals surface area contributed by atoms with Gasteiger partial charge in [0.15, 0.2) is 0 Å². The molecular formula is C23H30FN5O. The van der Waals surface area contributed by atoms with Gasteiger partial charge in [0.1, 0.15) is 17.7 Å². The van der Waals surface area contributed by atoms with E-state index >= 15 is 0 Å². The summed E-state index contributed by atoms with van der Waals surface area (Å²) in [4.78, 5) is 17.2. The van der Waals surface area contributed by atoms with E-state index in [1.807, 2.05) is 29.4 Å². The van der Waals surface area contributed by atoms with Crippen LogP contribution in [-0.2, 0) is 24.8 Å². The van der Waals surface area contributed by atoms with Crippen LogP contribution in [0.2, 0.25) is 0 Å². The van der Waals surface area contributed by atoms with E-state index in [9.17, 15) is 9.18 Å². The molecule has 7 heteroatoms. The van der Waals surface area contributed by atoms with Crippen molar-refractivity contribution in [3.05, 3.63) is 70.8 Å². The number of carbonyl (C=O) groups is 1. The van der Waals surface area contributed by atoms with Gasteiger partial charge in [0.05, 0.1) is 5.69 Å². The van der Waals surface area contributed by atoms with Crippen LogP contribution in [0.1, 0.15) is 54.6 Å². The predicted octanol–water partition coefficient (Wildman–Crippen LogP) is 3.87. The molecule has 160 valence electrons. The maximum atomic E-state index is 13.8. The molecule has 0 unspecified atom stereocenters. The number of amides is 1. The highest BCUT2D eigenvalue weighted by atomic mass is 19.1. The van der Waals surface area contributed by atoms with Gasteiger partial charge in [0, 0.05) is 38.1 Å². The van der Waals surface area contributed by atoms with Crippen molar-refractivity contribution in [3.8, 4) is 0 Å². The quantitative estimate of drug-likeness (QED) is 0.612. The standard InChI is InChI=1S/C23H30FN5O/c1-15(2)14-29-17(4)20(16(3)27-29)9-10-21(30)26-22(23-25-11-12-28(23)5)18-7-6-8-19(24)13-18/h6-8,11-13,15,22H,9-10,14H2,1-5H3,(H,26,30)/t22-/m1/s1. The second kappa shape index (κ2) is 9.24. The fourth-order valence-corrected chi connectivity index (χ4v) is 3.73. The van der Waals surface area contributed by atoms with Crippen LogP contribution in [0.15, 0.2) is 36.7 Å². The van der Waals surface area contributed by atoms with Crippen LogP contribution in [0.5, 0.6) is 0 Å². The topological polar surface area (TPSA) is 64.7 Å². The Morgan fingerprint density at radius 3 is 2.67 bits per heavy atom. The molecule has 0 fully saturated rings. The lowest BCUT2D eigenvalue weighted by atomic mass is 10.0. The minimum absolute atomic E-state index is 0.109. The van der Waals surface area contributed by atoms with Gasteiger partial charge in [0.25, 0.3) is 0 Å². The number of hydrogen-bond acceptors (Lipinski definition) is 3. The normalized spacial score (nSPS) is 12.4. The molecule has 2 heterocycles. The fraction of sp³-hybridized carbons (Fsp3) is 0.435. The van der Waals surface area contributed by atoms with Crippen LogP contribution in [0.25, 0.3) is 0 Å². The third-order valence-corrected chi connectivity index (χ3v) is 5.28. The third kappa shape index (κ3) is 4.96. The van der Waals surface area contributed by atoms with E-state index in [4.69, 9.17) is 0 Å². The number of rotatable bonds is 8. The minimum atomic E-state index is -0.515. The van der Waals surface area contributed by atoms with E-state index in [2.05, 4.69) is 36.2 Å². The lowest BCUT2D eigenvalue weighted by molar-refractivity contribution is -0.121. The van der Waals surface area contributed by atoms with Gasteiger partial charge in [-0.3, -0.25) is 9.48 Å². The first-order valence-corrected chi connectivity index (χ1v) is 10.3. The Bertz CT molecular complexity index is 1020. The number of carbonyl (C=O) groups excluding carboxylic acids is 1. The molecule has 1 amide bonds. The lowest BCUT2D eigenvalue weighted by Crippen LogP contribution is -2.31. The van der Waals surface area contributed by atoms with Gasteiger partial charge in [-0.2, -0.15) is 5.10 Å². The van der Waals surface area contributed by atoms with Crippen LogP contribution in [0, 0.1) is 25.6 Å². The Labute approximate surface area is 177 Å². The monoisotopic (exact) mass is 411 g/mol. The summed E-state index contributed by atoms with van der Waals surface area (Å²) in [6.45, 7) is 9.22. The molecule has 0 aliphatic rings. The number of hydrogen-bond donors (Lipinski definition) is 1. The highest BCUT2D eigenvalue weighted by Crippen LogP contribution is 2.22. The van der Waals surface area contributed by atoms with Crippen molar-refractivity contribution in [1.29, 1.82) is 0 Å². The van der Waals surface area contributed by atoms with Crippen molar-refractivity contribution in [2.24, 2.45) is 13.0 Å².